The van der Waals surface area contributed by atoms with Gasteiger partial charge < -0.3 is 14.9 Å². The second kappa shape index (κ2) is 12.9. The molecule has 0 radical (unpaired) electrons. The predicted octanol–water partition coefficient (Wildman–Crippen LogP) is 4.23. The van der Waals surface area contributed by atoms with Crippen molar-refractivity contribution in [2.45, 2.75) is 89.6 Å². The summed E-state index contributed by atoms with van der Waals surface area (Å²) < 4.78 is 5.96. The first kappa shape index (κ1) is 22.9. The molecule has 2 aliphatic rings. The third-order valence-electron chi connectivity index (χ3n) is 5.64. The summed E-state index contributed by atoms with van der Waals surface area (Å²) >= 11 is 0. The number of benzene rings is 1. The molecule has 0 amide bonds. The van der Waals surface area contributed by atoms with Crippen molar-refractivity contribution >= 4 is 5.97 Å². The van der Waals surface area contributed by atoms with Crippen molar-refractivity contribution in [1.82, 2.24) is 4.90 Å². The molecule has 158 valence electrons. The Kier molecular flexibility index (Phi) is 10.5. The van der Waals surface area contributed by atoms with Crippen LogP contribution in [0.5, 0.6) is 0 Å². The van der Waals surface area contributed by atoms with Crippen LogP contribution >= 0.6 is 0 Å². The average Bonchev–Trinajstić information content (AvgIpc) is 3.34. The van der Waals surface area contributed by atoms with E-state index in [0.717, 1.165) is 45.2 Å². The molecule has 5 nitrogen and oxygen atoms in total. The smallest absolute Gasteiger partial charge is 0.303 e. The Hall–Kier alpha value is -1.43. The summed E-state index contributed by atoms with van der Waals surface area (Å²) in [6.07, 6.45) is 8.87. The van der Waals surface area contributed by atoms with E-state index in [-0.39, 0.29) is 12.2 Å². The SMILES string of the molecule is CCCCCCC(=O)O.O[C@H]1C[C@@H](OCc2ccccc2)C[C@@H]1N1CCCC1. The first-order chi connectivity index (χ1) is 13.6. The van der Waals surface area contributed by atoms with Gasteiger partial charge in [-0.05, 0) is 44.3 Å². The van der Waals surface area contributed by atoms with E-state index < -0.39 is 5.97 Å². The van der Waals surface area contributed by atoms with Crippen LogP contribution in [0.4, 0.5) is 0 Å². The Labute approximate surface area is 169 Å². The molecule has 5 heteroatoms. The minimum absolute atomic E-state index is 0.209. The van der Waals surface area contributed by atoms with E-state index in [2.05, 4.69) is 24.0 Å². The minimum Gasteiger partial charge on any atom is -0.481 e. The van der Waals surface area contributed by atoms with Gasteiger partial charge in [-0.1, -0.05) is 56.5 Å². The molecule has 2 fully saturated rings. The van der Waals surface area contributed by atoms with Crippen LogP contribution in [0.1, 0.15) is 70.3 Å². The fourth-order valence-corrected chi connectivity index (χ4v) is 4.04. The molecular formula is C23H37NO4. The summed E-state index contributed by atoms with van der Waals surface area (Å²) in [6.45, 7) is 5.06. The maximum absolute atomic E-state index is 10.2. The number of aliphatic hydroxyl groups is 1. The van der Waals surface area contributed by atoms with E-state index in [1.54, 1.807) is 0 Å². The van der Waals surface area contributed by atoms with Crippen LogP contribution in [-0.2, 0) is 16.1 Å². The number of carboxylic acid groups (broad SMARTS) is 1. The topological polar surface area (TPSA) is 70.0 Å². The van der Waals surface area contributed by atoms with Gasteiger partial charge >= 0.3 is 5.97 Å². The Bertz CT molecular complexity index is 545. The van der Waals surface area contributed by atoms with Crippen LogP contribution in [0.15, 0.2) is 30.3 Å². The molecule has 28 heavy (non-hydrogen) atoms. The number of hydrogen-bond acceptors (Lipinski definition) is 4. The average molecular weight is 392 g/mol. The van der Waals surface area contributed by atoms with Crippen molar-refractivity contribution in [3.05, 3.63) is 35.9 Å². The summed E-state index contributed by atoms with van der Waals surface area (Å²) in [5, 5.41) is 18.4. The van der Waals surface area contributed by atoms with Crippen LogP contribution in [0.25, 0.3) is 0 Å². The van der Waals surface area contributed by atoms with Crippen LogP contribution in [0.2, 0.25) is 0 Å². The standard InChI is InChI=1S/C16H23NO2.C7H14O2/c18-16-11-14(10-15(16)17-8-4-5-9-17)19-12-13-6-2-1-3-7-13;1-2-3-4-5-6-7(8)9/h1-3,6-7,14-16,18H,4-5,8-12H2;2-6H2,1H3,(H,8,9)/t14-,15-,16-;/m0./s1. The maximum Gasteiger partial charge on any atom is 0.303 e. The molecule has 2 N–H and O–H groups in total. The molecule has 0 spiro atoms. The highest BCUT2D eigenvalue weighted by Crippen LogP contribution is 2.29. The van der Waals surface area contributed by atoms with Gasteiger partial charge in [-0.15, -0.1) is 0 Å². The maximum atomic E-state index is 10.2. The van der Waals surface area contributed by atoms with Crippen LogP contribution in [0, 0.1) is 0 Å². The number of carboxylic acids is 1. The molecule has 0 unspecified atom stereocenters. The lowest BCUT2D eigenvalue weighted by atomic mass is 10.2. The molecule has 1 saturated carbocycles. The molecule has 1 aliphatic carbocycles. The predicted molar refractivity (Wildman–Crippen MR) is 111 cm³/mol. The van der Waals surface area contributed by atoms with Gasteiger partial charge in [0.25, 0.3) is 0 Å². The monoisotopic (exact) mass is 391 g/mol. The fourth-order valence-electron chi connectivity index (χ4n) is 4.04. The number of nitrogens with zero attached hydrogens (tertiary/aromatic N) is 1. The summed E-state index contributed by atoms with van der Waals surface area (Å²) in [4.78, 5) is 12.4. The van der Waals surface area contributed by atoms with Gasteiger partial charge in [-0.25, -0.2) is 0 Å². The highest BCUT2D eigenvalue weighted by atomic mass is 16.5. The second-order valence-corrected chi connectivity index (χ2v) is 7.97. The number of aliphatic hydroxyl groups excluding tert-OH is 1. The largest absolute Gasteiger partial charge is 0.481 e. The third-order valence-corrected chi connectivity index (χ3v) is 5.64. The molecule has 1 aromatic rings. The van der Waals surface area contributed by atoms with Gasteiger partial charge in [0.05, 0.1) is 18.8 Å². The molecule has 0 aromatic heterocycles. The normalized spacial score (nSPS) is 24.7. The zero-order valence-corrected chi connectivity index (χ0v) is 17.3. The third kappa shape index (κ3) is 8.29. The van der Waals surface area contributed by atoms with E-state index in [1.165, 1.54) is 24.8 Å². The van der Waals surface area contributed by atoms with Crippen LogP contribution < -0.4 is 0 Å². The Morgan fingerprint density at radius 2 is 1.82 bits per heavy atom. The number of ether oxygens (including phenoxy) is 1. The summed E-state index contributed by atoms with van der Waals surface area (Å²) in [5.74, 6) is -0.675. The van der Waals surface area contributed by atoms with Crippen LogP contribution in [0.3, 0.4) is 0 Å². The van der Waals surface area contributed by atoms with Gasteiger partial charge in [0.15, 0.2) is 0 Å². The van der Waals surface area contributed by atoms with Gasteiger partial charge in [-0.3, -0.25) is 9.69 Å². The van der Waals surface area contributed by atoms with E-state index in [0.29, 0.717) is 19.1 Å². The highest BCUT2D eigenvalue weighted by Gasteiger charge is 2.38. The van der Waals surface area contributed by atoms with Crippen molar-refractivity contribution in [2.24, 2.45) is 0 Å². The van der Waals surface area contributed by atoms with Gasteiger partial charge in [-0.2, -0.15) is 0 Å². The Morgan fingerprint density at radius 1 is 1.11 bits per heavy atom. The number of aliphatic carboxylic acids is 1. The minimum atomic E-state index is -0.675. The van der Waals surface area contributed by atoms with Gasteiger partial charge in [0.2, 0.25) is 0 Å². The van der Waals surface area contributed by atoms with E-state index in [1.807, 2.05) is 18.2 Å². The van der Waals surface area contributed by atoms with Crippen LogP contribution in [-0.4, -0.2) is 52.4 Å². The van der Waals surface area contributed by atoms with E-state index in [4.69, 9.17) is 9.84 Å². The Balaban J connectivity index is 0.000000266. The molecule has 1 aromatic carbocycles. The molecule has 3 rings (SSSR count). The first-order valence-electron chi connectivity index (χ1n) is 10.9. The lowest BCUT2D eigenvalue weighted by Crippen LogP contribution is -2.38. The lowest BCUT2D eigenvalue weighted by molar-refractivity contribution is -0.137. The summed E-state index contributed by atoms with van der Waals surface area (Å²) in [5.41, 5.74) is 1.21. The zero-order chi connectivity index (χ0) is 20.2. The first-order valence-corrected chi connectivity index (χ1v) is 10.9. The fraction of sp³-hybridized carbons (Fsp3) is 0.696. The van der Waals surface area contributed by atoms with Crippen molar-refractivity contribution in [3.63, 3.8) is 0 Å². The van der Waals surface area contributed by atoms with Crippen molar-refractivity contribution in [2.75, 3.05) is 13.1 Å². The number of likely N-dealkylation sites (tertiary alicyclic amines) is 1. The molecular weight excluding hydrogens is 354 g/mol. The van der Waals surface area contributed by atoms with E-state index >= 15 is 0 Å². The summed E-state index contributed by atoms with van der Waals surface area (Å²) in [7, 11) is 0. The number of carbonyl (C=O) groups is 1. The number of rotatable bonds is 9. The van der Waals surface area contributed by atoms with Gasteiger partial charge in [0, 0.05) is 18.9 Å². The molecule has 3 atom stereocenters. The highest BCUT2D eigenvalue weighted by molar-refractivity contribution is 5.66. The van der Waals surface area contributed by atoms with Crippen molar-refractivity contribution < 1.29 is 19.7 Å². The number of hydrogen-bond donors (Lipinski definition) is 2. The molecule has 1 saturated heterocycles. The second-order valence-electron chi connectivity index (χ2n) is 7.97. The zero-order valence-electron chi connectivity index (χ0n) is 17.3. The molecule has 1 heterocycles. The van der Waals surface area contributed by atoms with Crippen molar-refractivity contribution in [1.29, 1.82) is 0 Å². The van der Waals surface area contributed by atoms with Crippen molar-refractivity contribution in [3.8, 4) is 0 Å². The Morgan fingerprint density at radius 3 is 2.46 bits per heavy atom. The van der Waals surface area contributed by atoms with Gasteiger partial charge in [0.1, 0.15) is 0 Å². The van der Waals surface area contributed by atoms with E-state index in [9.17, 15) is 9.90 Å². The lowest BCUT2D eigenvalue weighted by Gasteiger charge is -2.25. The molecule has 0 bridgehead atoms. The molecule has 1 aliphatic heterocycles. The quantitative estimate of drug-likeness (QED) is 0.617. The number of unbranched alkanes of at least 4 members (excludes halogenated alkanes) is 3. The summed E-state index contributed by atoms with van der Waals surface area (Å²) in [6, 6.07) is 10.6.